The van der Waals surface area contributed by atoms with Crippen molar-refractivity contribution in [2.45, 2.75) is 19.3 Å². The lowest BCUT2D eigenvalue weighted by Gasteiger charge is -2.07. The van der Waals surface area contributed by atoms with Gasteiger partial charge in [0, 0.05) is 31.5 Å². The smallest absolute Gasteiger partial charge is 0.292 e. The molecule has 1 aromatic rings. The van der Waals surface area contributed by atoms with Crippen molar-refractivity contribution in [1.29, 1.82) is 0 Å². The molecule has 0 spiro atoms. The number of ether oxygens (including phenoxy) is 1. The molecule has 0 saturated heterocycles. The molecule has 0 bridgehead atoms. The van der Waals surface area contributed by atoms with E-state index in [0.717, 1.165) is 37.8 Å². The van der Waals surface area contributed by atoms with E-state index in [4.69, 9.17) is 10.5 Å². The summed E-state index contributed by atoms with van der Waals surface area (Å²) in [7, 11) is 0. The van der Waals surface area contributed by atoms with Crippen LogP contribution in [0, 0.1) is 16.0 Å². The summed E-state index contributed by atoms with van der Waals surface area (Å²) in [5.41, 5.74) is 6.53. The average molecular weight is 265 g/mol. The minimum atomic E-state index is -0.481. The molecule has 6 heteroatoms. The fraction of sp³-hybridized carbons (Fsp3) is 0.538. The normalized spacial score (nSPS) is 14.3. The molecule has 0 aliphatic heterocycles. The van der Waals surface area contributed by atoms with Gasteiger partial charge in [-0.1, -0.05) is 0 Å². The third-order valence-corrected chi connectivity index (χ3v) is 3.07. The van der Waals surface area contributed by atoms with Crippen molar-refractivity contribution < 1.29 is 9.66 Å². The van der Waals surface area contributed by atoms with Gasteiger partial charge in [-0.15, -0.1) is 0 Å². The van der Waals surface area contributed by atoms with Gasteiger partial charge in [-0.3, -0.25) is 10.1 Å². The highest BCUT2D eigenvalue weighted by molar-refractivity contribution is 5.65. The fourth-order valence-electron chi connectivity index (χ4n) is 1.77. The molecule has 0 aromatic heterocycles. The van der Waals surface area contributed by atoms with Crippen LogP contribution in [0.2, 0.25) is 0 Å². The fourth-order valence-corrected chi connectivity index (χ4v) is 1.77. The molecule has 0 radical (unpaired) electrons. The number of nitro groups is 1. The van der Waals surface area contributed by atoms with Crippen molar-refractivity contribution in [3.63, 3.8) is 0 Å². The number of nitrogen functional groups attached to an aromatic ring is 1. The average Bonchev–Trinajstić information content (AvgIpc) is 3.17. The zero-order valence-electron chi connectivity index (χ0n) is 10.8. The number of benzene rings is 1. The zero-order valence-corrected chi connectivity index (χ0v) is 10.8. The number of anilines is 2. The molecule has 0 amide bonds. The zero-order chi connectivity index (χ0) is 13.7. The molecule has 1 aliphatic rings. The Hall–Kier alpha value is -1.82. The van der Waals surface area contributed by atoms with Gasteiger partial charge in [-0.2, -0.15) is 0 Å². The molecule has 0 unspecified atom stereocenters. The standard InChI is InChI=1S/C13H19N3O3/c14-12-8-11(4-5-13(12)16(17)18)15-6-1-7-19-9-10-2-3-10/h4-5,8,10,15H,1-3,6-7,9,14H2. The lowest BCUT2D eigenvalue weighted by atomic mass is 10.2. The third kappa shape index (κ3) is 4.40. The summed E-state index contributed by atoms with van der Waals surface area (Å²) in [6.45, 7) is 2.39. The Morgan fingerprint density at radius 2 is 2.26 bits per heavy atom. The maximum absolute atomic E-state index is 10.6. The van der Waals surface area contributed by atoms with Crippen LogP contribution in [0.1, 0.15) is 19.3 Å². The minimum Gasteiger partial charge on any atom is -0.393 e. The van der Waals surface area contributed by atoms with Gasteiger partial charge in [0.25, 0.3) is 5.69 Å². The SMILES string of the molecule is Nc1cc(NCCCOCC2CC2)ccc1[N+](=O)[O-]. The van der Waals surface area contributed by atoms with E-state index in [1.807, 2.05) is 0 Å². The summed E-state index contributed by atoms with van der Waals surface area (Å²) in [5.74, 6) is 0.794. The molecule has 19 heavy (non-hydrogen) atoms. The highest BCUT2D eigenvalue weighted by Gasteiger charge is 2.20. The molecule has 1 aromatic carbocycles. The van der Waals surface area contributed by atoms with Gasteiger partial charge in [0.15, 0.2) is 0 Å². The van der Waals surface area contributed by atoms with E-state index in [-0.39, 0.29) is 11.4 Å². The van der Waals surface area contributed by atoms with Crippen LogP contribution in [0.3, 0.4) is 0 Å². The van der Waals surface area contributed by atoms with E-state index in [1.165, 1.54) is 18.9 Å². The van der Waals surface area contributed by atoms with E-state index < -0.39 is 4.92 Å². The Morgan fingerprint density at radius 1 is 1.47 bits per heavy atom. The maximum atomic E-state index is 10.6. The Morgan fingerprint density at radius 3 is 2.89 bits per heavy atom. The van der Waals surface area contributed by atoms with Gasteiger partial charge in [0.1, 0.15) is 5.69 Å². The van der Waals surface area contributed by atoms with Crippen LogP contribution in [0.4, 0.5) is 17.1 Å². The Kier molecular flexibility index (Phi) is 4.57. The van der Waals surface area contributed by atoms with Crippen LogP contribution in [-0.4, -0.2) is 24.7 Å². The molecule has 104 valence electrons. The molecule has 1 aliphatic carbocycles. The molecule has 6 nitrogen and oxygen atoms in total. The largest absolute Gasteiger partial charge is 0.393 e. The first-order valence-corrected chi connectivity index (χ1v) is 6.52. The Balaban J connectivity index is 1.67. The van der Waals surface area contributed by atoms with Gasteiger partial charge < -0.3 is 15.8 Å². The predicted molar refractivity (Wildman–Crippen MR) is 74.2 cm³/mol. The quantitative estimate of drug-likeness (QED) is 0.326. The summed E-state index contributed by atoms with van der Waals surface area (Å²) in [5, 5.41) is 13.8. The van der Waals surface area contributed by atoms with Crippen molar-refractivity contribution in [3.8, 4) is 0 Å². The highest BCUT2D eigenvalue weighted by atomic mass is 16.6. The molecular weight excluding hydrogens is 246 g/mol. The summed E-state index contributed by atoms with van der Waals surface area (Å²) in [6.07, 6.45) is 3.52. The monoisotopic (exact) mass is 265 g/mol. The number of hydrogen-bond acceptors (Lipinski definition) is 5. The van der Waals surface area contributed by atoms with Gasteiger partial charge in [-0.05, 0) is 37.3 Å². The van der Waals surface area contributed by atoms with E-state index >= 15 is 0 Å². The Labute approximate surface area is 112 Å². The van der Waals surface area contributed by atoms with Crippen molar-refractivity contribution in [2.75, 3.05) is 30.8 Å². The summed E-state index contributed by atoms with van der Waals surface area (Å²) < 4.78 is 5.52. The van der Waals surface area contributed by atoms with Crippen LogP contribution in [0.15, 0.2) is 18.2 Å². The Bertz CT molecular complexity index is 447. The molecule has 2 rings (SSSR count). The third-order valence-electron chi connectivity index (χ3n) is 3.07. The topological polar surface area (TPSA) is 90.4 Å². The number of nitrogens with zero attached hydrogens (tertiary/aromatic N) is 1. The second-order valence-electron chi connectivity index (χ2n) is 4.83. The molecule has 1 saturated carbocycles. The lowest BCUT2D eigenvalue weighted by molar-refractivity contribution is -0.383. The highest BCUT2D eigenvalue weighted by Crippen LogP contribution is 2.28. The lowest BCUT2D eigenvalue weighted by Crippen LogP contribution is -2.07. The van der Waals surface area contributed by atoms with E-state index in [1.54, 1.807) is 12.1 Å². The van der Waals surface area contributed by atoms with Crippen molar-refractivity contribution in [3.05, 3.63) is 28.3 Å². The molecule has 0 atom stereocenters. The van der Waals surface area contributed by atoms with Crippen LogP contribution < -0.4 is 11.1 Å². The summed E-state index contributed by atoms with van der Waals surface area (Å²) in [4.78, 5) is 10.1. The van der Waals surface area contributed by atoms with Gasteiger partial charge in [-0.25, -0.2) is 0 Å². The van der Waals surface area contributed by atoms with Gasteiger partial charge >= 0.3 is 0 Å². The van der Waals surface area contributed by atoms with Crippen molar-refractivity contribution in [1.82, 2.24) is 0 Å². The number of rotatable bonds is 8. The summed E-state index contributed by atoms with van der Waals surface area (Å²) in [6, 6.07) is 4.67. The van der Waals surface area contributed by atoms with E-state index in [9.17, 15) is 10.1 Å². The molecule has 0 heterocycles. The molecule has 3 N–H and O–H groups in total. The number of nitrogens with two attached hydrogens (primary N) is 1. The summed E-state index contributed by atoms with van der Waals surface area (Å²) >= 11 is 0. The van der Waals surface area contributed by atoms with Gasteiger partial charge in [0.05, 0.1) is 4.92 Å². The van der Waals surface area contributed by atoms with E-state index in [2.05, 4.69) is 5.32 Å². The molecular formula is C13H19N3O3. The number of nitro benzene ring substituents is 1. The first-order valence-electron chi connectivity index (χ1n) is 6.52. The van der Waals surface area contributed by atoms with Crippen molar-refractivity contribution >= 4 is 17.1 Å². The first-order chi connectivity index (χ1) is 9.16. The second kappa shape index (κ2) is 6.38. The number of hydrogen-bond donors (Lipinski definition) is 2. The molecule has 1 fully saturated rings. The van der Waals surface area contributed by atoms with Crippen LogP contribution in [-0.2, 0) is 4.74 Å². The predicted octanol–water partition coefficient (Wildman–Crippen LogP) is 2.41. The number of nitrogens with one attached hydrogen (secondary N) is 1. The van der Waals surface area contributed by atoms with E-state index in [0.29, 0.717) is 0 Å². The maximum Gasteiger partial charge on any atom is 0.292 e. The van der Waals surface area contributed by atoms with Gasteiger partial charge in [0.2, 0.25) is 0 Å². The first kappa shape index (κ1) is 13.6. The van der Waals surface area contributed by atoms with Crippen LogP contribution in [0.25, 0.3) is 0 Å². The van der Waals surface area contributed by atoms with Crippen LogP contribution >= 0.6 is 0 Å². The second-order valence-corrected chi connectivity index (χ2v) is 4.83. The van der Waals surface area contributed by atoms with Crippen molar-refractivity contribution in [2.24, 2.45) is 5.92 Å². The minimum absolute atomic E-state index is 0.0571. The van der Waals surface area contributed by atoms with Crippen LogP contribution in [0.5, 0.6) is 0 Å².